The summed E-state index contributed by atoms with van der Waals surface area (Å²) in [5, 5.41) is 3.53. The molecule has 0 bridgehead atoms. The Morgan fingerprint density at radius 3 is 2.65 bits per heavy atom. The lowest BCUT2D eigenvalue weighted by Crippen LogP contribution is -2.48. The largest absolute Gasteiger partial charge is 0.316 e. The molecule has 2 atom stereocenters. The van der Waals surface area contributed by atoms with E-state index < -0.39 is 0 Å². The molecule has 0 saturated carbocycles. The Labute approximate surface area is 113 Å². The number of nitrogens with one attached hydrogen (secondary N) is 1. The first-order valence-electron chi connectivity index (χ1n) is 7.01. The average molecular weight is 261 g/mol. The molecule has 2 unspecified atom stereocenters. The van der Waals surface area contributed by atoms with Crippen LogP contribution in [0.2, 0.25) is 0 Å². The Balaban J connectivity index is 0.00000144. The molecule has 102 valence electrons. The molecule has 0 radical (unpaired) electrons. The van der Waals surface area contributed by atoms with Crippen LogP contribution in [0, 0.1) is 17.3 Å². The first kappa shape index (κ1) is 15.3. The van der Waals surface area contributed by atoms with E-state index in [1.807, 2.05) is 0 Å². The Morgan fingerprint density at radius 2 is 2.06 bits per heavy atom. The van der Waals surface area contributed by atoms with E-state index in [0.29, 0.717) is 5.41 Å². The van der Waals surface area contributed by atoms with Gasteiger partial charge >= 0.3 is 0 Å². The fourth-order valence-corrected chi connectivity index (χ4v) is 3.18. The van der Waals surface area contributed by atoms with Crippen LogP contribution < -0.4 is 5.32 Å². The van der Waals surface area contributed by atoms with Gasteiger partial charge in [-0.3, -0.25) is 0 Å². The molecular weight excluding hydrogens is 232 g/mol. The van der Waals surface area contributed by atoms with Gasteiger partial charge in [0.2, 0.25) is 0 Å². The van der Waals surface area contributed by atoms with Gasteiger partial charge in [0.05, 0.1) is 0 Å². The van der Waals surface area contributed by atoms with E-state index in [4.69, 9.17) is 0 Å². The monoisotopic (exact) mass is 260 g/mol. The zero-order chi connectivity index (χ0) is 11.6. The second kappa shape index (κ2) is 6.40. The second-order valence-corrected chi connectivity index (χ2v) is 6.63. The summed E-state index contributed by atoms with van der Waals surface area (Å²) >= 11 is 0. The van der Waals surface area contributed by atoms with Crippen LogP contribution in [-0.4, -0.2) is 37.6 Å². The van der Waals surface area contributed by atoms with Gasteiger partial charge in [-0.2, -0.15) is 0 Å². The van der Waals surface area contributed by atoms with E-state index in [2.05, 4.69) is 31.0 Å². The summed E-state index contributed by atoms with van der Waals surface area (Å²) in [6.45, 7) is 13.7. The summed E-state index contributed by atoms with van der Waals surface area (Å²) in [6, 6.07) is 0. The van der Waals surface area contributed by atoms with Gasteiger partial charge in [-0.25, -0.2) is 0 Å². The highest BCUT2D eigenvalue weighted by Gasteiger charge is 2.33. The van der Waals surface area contributed by atoms with Crippen LogP contribution in [0.1, 0.15) is 40.0 Å². The number of likely N-dealkylation sites (tertiary alicyclic amines) is 1. The van der Waals surface area contributed by atoms with Crippen molar-refractivity contribution in [1.82, 2.24) is 10.2 Å². The minimum Gasteiger partial charge on any atom is -0.316 e. The van der Waals surface area contributed by atoms with Crippen LogP contribution >= 0.6 is 12.4 Å². The van der Waals surface area contributed by atoms with Crippen molar-refractivity contribution in [1.29, 1.82) is 0 Å². The highest BCUT2D eigenvalue weighted by molar-refractivity contribution is 5.85. The minimum atomic E-state index is 0. The Morgan fingerprint density at radius 1 is 1.29 bits per heavy atom. The number of rotatable bonds is 2. The molecule has 2 rings (SSSR count). The summed E-state index contributed by atoms with van der Waals surface area (Å²) in [5.74, 6) is 1.78. The van der Waals surface area contributed by atoms with Crippen LogP contribution in [-0.2, 0) is 0 Å². The SMILES string of the molecule is CC1CCN(CC2CCCNC2)CC1(C)C.Cl. The topological polar surface area (TPSA) is 15.3 Å². The van der Waals surface area contributed by atoms with Crippen LogP contribution in [0.15, 0.2) is 0 Å². The van der Waals surface area contributed by atoms with Crippen LogP contribution in [0.4, 0.5) is 0 Å². The molecule has 2 aliphatic rings. The normalized spacial score (nSPS) is 34.1. The van der Waals surface area contributed by atoms with E-state index >= 15 is 0 Å². The molecular formula is C14H29ClN2. The molecule has 0 aromatic heterocycles. The second-order valence-electron chi connectivity index (χ2n) is 6.63. The molecule has 0 spiro atoms. The lowest BCUT2D eigenvalue weighted by molar-refractivity contribution is 0.0514. The fraction of sp³-hybridized carbons (Fsp3) is 1.00. The molecule has 3 heteroatoms. The molecule has 17 heavy (non-hydrogen) atoms. The van der Waals surface area contributed by atoms with Crippen molar-refractivity contribution < 1.29 is 0 Å². The summed E-state index contributed by atoms with van der Waals surface area (Å²) in [5.41, 5.74) is 0.514. The highest BCUT2D eigenvalue weighted by Crippen LogP contribution is 2.34. The molecule has 0 aliphatic carbocycles. The summed E-state index contributed by atoms with van der Waals surface area (Å²) in [7, 11) is 0. The maximum Gasteiger partial charge on any atom is 0.00354 e. The van der Waals surface area contributed by atoms with Crippen molar-refractivity contribution in [3.63, 3.8) is 0 Å². The van der Waals surface area contributed by atoms with Gasteiger partial charge in [0.15, 0.2) is 0 Å². The van der Waals surface area contributed by atoms with Crippen molar-refractivity contribution in [2.75, 3.05) is 32.7 Å². The van der Waals surface area contributed by atoms with Crippen LogP contribution in [0.5, 0.6) is 0 Å². The number of hydrogen-bond donors (Lipinski definition) is 1. The van der Waals surface area contributed by atoms with Crippen molar-refractivity contribution in [2.45, 2.75) is 40.0 Å². The third-order valence-electron chi connectivity index (χ3n) is 4.76. The first-order valence-corrected chi connectivity index (χ1v) is 7.01. The van der Waals surface area contributed by atoms with E-state index in [0.717, 1.165) is 11.8 Å². The molecule has 2 aliphatic heterocycles. The number of halogens is 1. The first-order chi connectivity index (χ1) is 7.58. The van der Waals surface area contributed by atoms with E-state index in [-0.39, 0.29) is 12.4 Å². The van der Waals surface area contributed by atoms with E-state index in [1.165, 1.54) is 52.0 Å². The van der Waals surface area contributed by atoms with Gasteiger partial charge in [-0.1, -0.05) is 20.8 Å². The summed E-state index contributed by atoms with van der Waals surface area (Å²) in [4.78, 5) is 2.71. The standard InChI is InChI=1S/C14H28N2.ClH/c1-12-6-8-16(11-14(12,2)3)10-13-5-4-7-15-9-13;/h12-13,15H,4-11H2,1-3H3;1H. The predicted molar refractivity (Wildman–Crippen MR) is 76.8 cm³/mol. The number of piperidine rings is 2. The molecule has 0 aromatic rings. The quantitative estimate of drug-likeness (QED) is 0.822. The Bertz CT molecular complexity index is 224. The van der Waals surface area contributed by atoms with E-state index in [9.17, 15) is 0 Å². The molecule has 1 N–H and O–H groups in total. The molecule has 2 nitrogen and oxygen atoms in total. The van der Waals surface area contributed by atoms with Crippen LogP contribution in [0.25, 0.3) is 0 Å². The van der Waals surface area contributed by atoms with Gasteiger partial charge in [-0.05, 0) is 56.1 Å². The fourth-order valence-electron chi connectivity index (χ4n) is 3.18. The lowest BCUT2D eigenvalue weighted by atomic mass is 9.75. The summed E-state index contributed by atoms with van der Waals surface area (Å²) in [6.07, 6.45) is 4.19. The van der Waals surface area contributed by atoms with Crippen molar-refractivity contribution in [3.05, 3.63) is 0 Å². The zero-order valence-corrected chi connectivity index (χ0v) is 12.5. The molecule has 2 heterocycles. The maximum atomic E-state index is 3.53. The average Bonchev–Trinajstić information content (AvgIpc) is 2.25. The van der Waals surface area contributed by atoms with Gasteiger partial charge in [-0.15, -0.1) is 12.4 Å². The van der Waals surface area contributed by atoms with Gasteiger partial charge in [0.1, 0.15) is 0 Å². The molecule has 0 amide bonds. The third-order valence-corrected chi connectivity index (χ3v) is 4.76. The molecule has 0 aromatic carbocycles. The molecule has 2 saturated heterocycles. The number of nitrogens with zero attached hydrogens (tertiary/aromatic N) is 1. The van der Waals surface area contributed by atoms with Crippen LogP contribution in [0.3, 0.4) is 0 Å². The van der Waals surface area contributed by atoms with Gasteiger partial charge in [0.25, 0.3) is 0 Å². The van der Waals surface area contributed by atoms with Crippen molar-refractivity contribution >= 4 is 12.4 Å². The highest BCUT2D eigenvalue weighted by atomic mass is 35.5. The Hall–Kier alpha value is 0.210. The third kappa shape index (κ3) is 4.11. The van der Waals surface area contributed by atoms with E-state index in [1.54, 1.807) is 0 Å². The predicted octanol–water partition coefficient (Wildman–Crippen LogP) is 2.78. The Kier molecular flexibility index (Phi) is 5.75. The van der Waals surface area contributed by atoms with Crippen molar-refractivity contribution in [2.24, 2.45) is 17.3 Å². The van der Waals surface area contributed by atoms with Crippen molar-refractivity contribution in [3.8, 4) is 0 Å². The van der Waals surface area contributed by atoms with Gasteiger partial charge in [0, 0.05) is 13.1 Å². The smallest absolute Gasteiger partial charge is 0.00354 e. The minimum absolute atomic E-state index is 0. The number of hydrogen-bond acceptors (Lipinski definition) is 2. The van der Waals surface area contributed by atoms with Gasteiger partial charge < -0.3 is 10.2 Å². The molecule has 2 fully saturated rings. The summed E-state index contributed by atoms with van der Waals surface area (Å²) < 4.78 is 0. The zero-order valence-electron chi connectivity index (χ0n) is 11.7. The lowest BCUT2D eigenvalue weighted by Gasteiger charge is -2.44. The maximum absolute atomic E-state index is 3.53.